The van der Waals surface area contributed by atoms with E-state index in [9.17, 15) is 18.8 Å². The fourth-order valence-corrected chi connectivity index (χ4v) is 4.38. The van der Waals surface area contributed by atoms with Crippen LogP contribution in [0.2, 0.25) is 0 Å². The minimum atomic E-state index is -0.553. The summed E-state index contributed by atoms with van der Waals surface area (Å²) in [5, 5.41) is 7.49. The Balaban J connectivity index is 1.39. The number of nitrogens with one attached hydrogen (secondary N) is 1. The first-order valence-electron chi connectivity index (χ1n) is 9.29. The third-order valence-electron chi connectivity index (χ3n) is 4.80. The van der Waals surface area contributed by atoms with Crippen molar-refractivity contribution in [3.05, 3.63) is 71.2 Å². The van der Waals surface area contributed by atoms with E-state index in [1.165, 1.54) is 28.2 Å². The summed E-state index contributed by atoms with van der Waals surface area (Å²) in [7, 11) is 0. The smallest absolute Gasteiger partial charge is 0.262 e. The molecule has 154 valence electrons. The standard InChI is InChI=1S/C21H14FN5O3S/c1-11-8-17(27(25-11)21-23-15-7-6-12(22)9-16(15)31-21)24-18(28)10-26-19(29)13-4-2-3-5-14(13)20(26)30/h2-9H,10H2,1H3,(H,24,28). The summed E-state index contributed by atoms with van der Waals surface area (Å²) >= 11 is 1.22. The molecule has 0 bridgehead atoms. The molecule has 0 unspecified atom stereocenters. The van der Waals surface area contributed by atoms with Crippen molar-refractivity contribution in [1.29, 1.82) is 0 Å². The lowest BCUT2D eigenvalue weighted by Crippen LogP contribution is -2.37. The number of rotatable bonds is 4. The first kappa shape index (κ1) is 19.1. The van der Waals surface area contributed by atoms with E-state index in [0.29, 0.717) is 26.9 Å². The Labute approximate surface area is 178 Å². The van der Waals surface area contributed by atoms with Crippen LogP contribution in [0.25, 0.3) is 15.3 Å². The Kier molecular flexibility index (Phi) is 4.36. The number of anilines is 1. The molecule has 0 spiro atoms. The van der Waals surface area contributed by atoms with Crippen molar-refractivity contribution in [3.8, 4) is 5.13 Å². The molecular weight excluding hydrogens is 421 g/mol. The molecule has 2 aromatic carbocycles. The zero-order chi connectivity index (χ0) is 21.7. The molecule has 0 saturated heterocycles. The molecule has 3 heterocycles. The Morgan fingerprint density at radius 3 is 2.52 bits per heavy atom. The largest absolute Gasteiger partial charge is 0.309 e. The summed E-state index contributed by atoms with van der Waals surface area (Å²) in [6.07, 6.45) is 0. The highest BCUT2D eigenvalue weighted by Crippen LogP contribution is 2.28. The highest BCUT2D eigenvalue weighted by molar-refractivity contribution is 7.20. The summed E-state index contributed by atoms with van der Waals surface area (Å²) in [6.45, 7) is 1.32. The van der Waals surface area contributed by atoms with Crippen LogP contribution in [0.5, 0.6) is 0 Å². The number of nitrogens with zero attached hydrogens (tertiary/aromatic N) is 4. The number of benzene rings is 2. The maximum absolute atomic E-state index is 13.5. The van der Waals surface area contributed by atoms with Crippen molar-refractivity contribution in [2.45, 2.75) is 6.92 Å². The summed E-state index contributed by atoms with van der Waals surface area (Å²) in [6, 6.07) is 12.4. The normalized spacial score (nSPS) is 13.2. The monoisotopic (exact) mass is 435 g/mol. The van der Waals surface area contributed by atoms with Crippen molar-refractivity contribution in [3.63, 3.8) is 0 Å². The van der Waals surface area contributed by atoms with E-state index in [4.69, 9.17) is 0 Å². The Hall–Kier alpha value is -3.92. The van der Waals surface area contributed by atoms with E-state index >= 15 is 0 Å². The second-order valence-electron chi connectivity index (χ2n) is 6.98. The maximum Gasteiger partial charge on any atom is 0.262 e. The van der Waals surface area contributed by atoms with Gasteiger partial charge in [-0.1, -0.05) is 23.5 Å². The van der Waals surface area contributed by atoms with Gasteiger partial charge in [0.05, 0.1) is 27.0 Å². The van der Waals surface area contributed by atoms with Crippen LogP contribution in [0.1, 0.15) is 26.4 Å². The summed E-state index contributed by atoms with van der Waals surface area (Å²) in [5.41, 5.74) is 1.80. The third-order valence-corrected chi connectivity index (χ3v) is 5.79. The molecule has 1 aliphatic heterocycles. The Morgan fingerprint density at radius 2 is 1.81 bits per heavy atom. The van der Waals surface area contributed by atoms with E-state index in [0.717, 1.165) is 4.90 Å². The van der Waals surface area contributed by atoms with Gasteiger partial charge in [0.2, 0.25) is 11.0 Å². The summed E-state index contributed by atoms with van der Waals surface area (Å²) in [5.74, 6) is -1.60. The molecule has 0 aliphatic carbocycles. The number of aryl methyl sites for hydroxylation is 1. The Morgan fingerprint density at radius 1 is 1.10 bits per heavy atom. The molecule has 10 heteroatoms. The lowest BCUT2D eigenvalue weighted by Gasteiger charge is -2.13. The van der Waals surface area contributed by atoms with Crippen LogP contribution in [-0.2, 0) is 4.79 Å². The lowest BCUT2D eigenvalue weighted by atomic mass is 10.1. The van der Waals surface area contributed by atoms with E-state index in [1.54, 1.807) is 43.3 Å². The fourth-order valence-electron chi connectivity index (χ4n) is 3.42. The third kappa shape index (κ3) is 3.26. The van der Waals surface area contributed by atoms with Crippen LogP contribution < -0.4 is 5.32 Å². The van der Waals surface area contributed by atoms with Gasteiger partial charge in [0.25, 0.3) is 11.8 Å². The molecule has 8 nitrogen and oxygen atoms in total. The Bertz CT molecular complexity index is 1360. The molecule has 1 aliphatic rings. The number of aromatic nitrogens is 3. The van der Waals surface area contributed by atoms with Crippen LogP contribution in [-0.4, -0.2) is 43.9 Å². The number of hydrogen-bond acceptors (Lipinski definition) is 6. The quantitative estimate of drug-likeness (QED) is 0.497. The van der Waals surface area contributed by atoms with Crippen molar-refractivity contribution >= 4 is 45.1 Å². The number of thiazole rings is 1. The number of amides is 3. The predicted molar refractivity (Wildman–Crippen MR) is 112 cm³/mol. The zero-order valence-electron chi connectivity index (χ0n) is 16.1. The number of imide groups is 1. The minimum Gasteiger partial charge on any atom is -0.309 e. The van der Waals surface area contributed by atoms with Gasteiger partial charge in [0, 0.05) is 6.07 Å². The molecule has 5 rings (SSSR count). The number of fused-ring (bicyclic) bond motifs is 2. The molecule has 31 heavy (non-hydrogen) atoms. The van der Waals surface area contributed by atoms with Gasteiger partial charge < -0.3 is 5.32 Å². The zero-order valence-corrected chi connectivity index (χ0v) is 16.9. The van der Waals surface area contributed by atoms with Gasteiger partial charge in [0.15, 0.2) is 0 Å². The molecule has 0 fully saturated rings. The van der Waals surface area contributed by atoms with Gasteiger partial charge in [-0.2, -0.15) is 9.78 Å². The SMILES string of the molecule is Cc1cc(NC(=O)CN2C(=O)c3ccccc3C2=O)n(-c2nc3ccc(F)cc3s2)n1. The average molecular weight is 435 g/mol. The van der Waals surface area contributed by atoms with Crippen molar-refractivity contribution in [2.24, 2.45) is 0 Å². The van der Waals surface area contributed by atoms with Crippen molar-refractivity contribution in [2.75, 3.05) is 11.9 Å². The van der Waals surface area contributed by atoms with E-state index in [1.807, 2.05) is 0 Å². The second-order valence-corrected chi connectivity index (χ2v) is 7.99. The first-order valence-corrected chi connectivity index (χ1v) is 10.1. The number of hydrogen-bond donors (Lipinski definition) is 1. The maximum atomic E-state index is 13.5. The van der Waals surface area contributed by atoms with Gasteiger partial charge in [-0.15, -0.1) is 0 Å². The highest BCUT2D eigenvalue weighted by atomic mass is 32.1. The summed E-state index contributed by atoms with van der Waals surface area (Å²) < 4.78 is 15.6. The number of carbonyl (C=O) groups excluding carboxylic acids is 3. The van der Waals surface area contributed by atoms with Gasteiger partial charge in [-0.3, -0.25) is 19.3 Å². The van der Waals surface area contributed by atoms with Crippen LogP contribution >= 0.6 is 11.3 Å². The van der Waals surface area contributed by atoms with Crippen LogP contribution in [0, 0.1) is 12.7 Å². The van der Waals surface area contributed by atoms with Gasteiger partial charge in [0.1, 0.15) is 18.2 Å². The fraction of sp³-hybridized carbons (Fsp3) is 0.0952. The molecular formula is C21H14FN5O3S. The second kappa shape index (κ2) is 7.10. The molecule has 4 aromatic rings. The van der Waals surface area contributed by atoms with E-state index in [-0.39, 0.29) is 16.9 Å². The average Bonchev–Trinajstić information content (AvgIpc) is 3.39. The van der Waals surface area contributed by atoms with E-state index in [2.05, 4.69) is 15.4 Å². The number of halogens is 1. The van der Waals surface area contributed by atoms with Crippen molar-refractivity contribution < 1.29 is 18.8 Å². The topological polar surface area (TPSA) is 97.2 Å². The van der Waals surface area contributed by atoms with Gasteiger partial charge in [-0.25, -0.2) is 9.37 Å². The van der Waals surface area contributed by atoms with E-state index < -0.39 is 24.3 Å². The van der Waals surface area contributed by atoms with Crippen LogP contribution in [0.3, 0.4) is 0 Å². The van der Waals surface area contributed by atoms with Gasteiger partial charge >= 0.3 is 0 Å². The molecule has 0 atom stereocenters. The molecule has 1 N–H and O–H groups in total. The molecule has 2 aromatic heterocycles. The van der Waals surface area contributed by atoms with Gasteiger partial charge in [-0.05, 0) is 37.3 Å². The lowest BCUT2D eigenvalue weighted by molar-refractivity contribution is -0.116. The molecule has 0 radical (unpaired) electrons. The predicted octanol–water partition coefficient (Wildman–Crippen LogP) is 3.16. The van der Waals surface area contributed by atoms with Crippen LogP contribution in [0.4, 0.5) is 10.2 Å². The molecule has 0 saturated carbocycles. The number of carbonyl (C=O) groups is 3. The molecule has 3 amide bonds. The summed E-state index contributed by atoms with van der Waals surface area (Å²) in [4.78, 5) is 43.0. The first-order chi connectivity index (χ1) is 14.9. The van der Waals surface area contributed by atoms with Crippen LogP contribution in [0.15, 0.2) is 48.5 Å². The highest BCUT2D eigenvalue weighted by Gasteiger charge is 2.36. The minimum absolute atomic E-state index is 0.280. The van der Waals surface area contributed by atoms with Crippen molar-refractivity contribution in [1.82, 2.24) is 19.7 Å².